The Kier molecular flexibility index (Phi) is 4.68. The number of aliphatic imine (C=N–C) groups is 1. The molecule has 8 heteroatoms. The van der Waals surface area contributed by atoms with Crippen LogP contribution in [0.15, 0.2) is 32.3 Å². The first-order valence-electron chi connectivity index (χ1n) is 7.35. The average molecular weight is 391 g/mol. The van der Waals surface area contributed by atoms with Gasteiger partial charge in [-0.1, -0.05) is 0 Å². The molecular weight excluding hydrogens is 376 g/mol. The van der Waals surface area contributed by atoms with Crippen LogP contribution in [0.4, 0.5) is 0 Å². The molecule has 124 valence electrons. The fraction of sp³-hybridized carbons (Fsp3) is 0.312. The Morgan fingerprint density at radius 2 is 2.17 bits per heavy atom. The molecule has 0 saturated carbocycles. The number of likely N-dealkylation sites (N-methyl/N-ethyl adjacent to an activating group) is 1. The Hall–Kier alpha value is -2.19. The minimum absolute atomic E-state index is 0.00249. The fourth-order valence-electron chi connectivity index (χ4n) is 2.29. The Bertz CT molecular complexity index is 842. The maximum Gasteiger partial charge on any atom is 0.230 e. The second kappa shape index (κ2) is 6.74. The molecule has 2 aromatic heterocycles. The molecule has 0 aliphatic heterocycles. The van der Waals surface area contributed by atoms with Gasteiger partial charge in [-0.25, -0.2) is 9.97 Å². The summed E-state index contributed by atoms with van der Waals surface area (Å²) in [6.07, 6.45) is 1.56. The van der Waals surface area contributed by atoms with Gasteiger partial charge in [-0.15, -0.1) is 0 Å². The van der Waals surface area contributed by atoms with Gasteiger partial charge in [-0.3, -0.25) is 14.6 Å². The Labute approximate surface area is 146 Å². The van der Waals surface area contributed by atoms with Gasteiger partial charge in [0.15, 0.2) is 5.69 Å². The number of hydrogen-bond acceptors (Lipinski definition) is 7. The standard InChI is InChI=1S/C16H15BrN4O3/c1-21(2)7-6-18-10-8-11(22)14-12(13(10)23)20-16(24-14)9-4-3-5-19-15(9)17/h3-5H,6-8H2,1-2H3. The van der Waals surface area contributed by atoms with Crippen molar-refractivity contribution in [3.63, 3.8) is 0 Å². The molecule has 0 fully saturated rings. The van der Waals surface area contributed by atoms with Crippen molar-refractivity contribution in [2.75, 3.05) is 27.2 Å². The summed E-state index contributed by atoms with van der Waals surface area (Å²) < 4.78 is 6.06. The number of rotatable bonds is 4. The number of carbonyl (C=O) groups is 2. The number of aromatic nitrogens is 2. The minimum Gasteiger partial charge on any atom is -0.432 e. The minimum atomic E-state index is -0.349. The molecule has 0 radical (unpaired) electrons. The van der Waals surface area contributed by atoms with Crippen LogP contribution in [-0.4, -0.2) is 59.3 Å². The topological polar surface area (TPSA) is 88.7 Å². The van der Waals surface area contributed by atoms with E-state index in [4.69, 9.17) is 4.42 Å². The molecule has 7 nitrogen and oxygen atoms in total. The average Bonchev–Trinajstić information content (AvgIpc) is 2.98. The normalized spacial score (nSPS) is 16.1. The molecule has 2 heterocycles. The number of hydrogen-bond donors (Lipinski definition) is 0. The van der Waals surface area contributed by atoms with Gasteiger partial charge in [-0.2, -0.15) is 0 Å². The molecule has 0 saturated heterocycles. The van der Waals surface area contributed by atoms with Crippen LogP contribution in [0.3, 0.4) is 0 Å². The molecule has 0 atom stereocenters. The highest BCUT2D eigenvalue weighted by atomic mass is 79.9. The van der Waals surface area contributed by atoms with E-state index in [1.165, 1.54) is 0 Å². The van der Waals surface area contributed by atoms with Gasteiger partial charge in [0.2, 0.25) is 23.2 Å². The summed E-state index contributed by atoms with van der Waals surface area (Å²) in [6, 6.07) is 3.47. The SMILES string of the molecule is CN(C)CCN=C1CC(=O)c2oc(-c3cccnc3Br)nc2C1=O. The molecule has 2 aromatic rings. The van der Waals surface area contributed by atoms with E-state index < -0.39 is 0 Å². The van der Waals surface area contributed by atoms with Crippen LogP contribution in [0.1, 0.15) is 27.5 Å². The first-order chi connectivity index (χ1) is 11.5. The number of ketones is 2. The number of carbonyl (C=O) groups excluding carboxylic acids is 2. The first kappa shape index (κ1) is 16.7. The summed E-state index contributed by atoms with van der Waals surface area (Å²) in [4.78, 5) is 39.3. The fourth-order valence-corrected chi connectivity index (χ4v) is 2.71. The van der Waals surface area contributed by atoms with Crippen molar-refractivity contribution in [3.8, 4) is 11.5 Å². The lowest BCUT2D eigenvalue weighted by Crippen LogP contribution is -2.27. The van der Waals surface area contributed by atoms with Crippen LogP contribution in [0, 0.1) is 0 Å². The molecular formula is C16H15BrN4O3. The molecule has 0 spiro atoms. The zero-order valence-corrected chi connectivity index (χ0v) is 14.8. The van der Waals surface area contributed by atoms with Gasteiger partial charge in [0.25, 0.3) is 0 Å². The largest absolute Gasteiger partial charge is 0.432 e. The molecule has 0 amide bonds. The van der Waals surface area contributed by atoms with Crippen LogP contribution in [0.25, 0.3) is 11.5 Å². The quantitative estimate of drug-likeness (QED) is 0.743. The summed E-state index contributed by atoms with van der Waals surface area (Å²) in [7, 11) is 3.84. The van der Waals surface area contributed by atoms with Gasteiger partial charge in [0.1, 0.15) is 4.60 Å². The summed E-state index contributed by atoms with van der Waals surface area (Å²) in [5.41, 5.74) is 0.846. The van der Waals surface area contributed by atoms with Gasteiger partial charge in [0, 0.05) is 12.7 Å². The number of fused-ring (bicyclic) bond motifs is 1. The lowest BCUT2D eigenvalue weighted by molar-refractivity contribution is 0.0940. The van der Waals surface area contributed by atoms with Crippen LogP contribution >= 0.6 is 15.9 Å². The smallest absolute Gasteiger partial charge is 0.230 e. The summed E-state index contributed by atoms with van der Waals surface area (Å²) in [5.74, 6) is -0.445. The molecule has 1 aliphatic carbocycles. The van der Waals surface area contributed by atoms with Gasteiger partial charge in [0.05, 0.1) is 24.2 Å². The molecule has 0 bridgehead atoms. The van der Waals surface area contributed by atoms with Crippen molar-refractivity contribution in [2.45, 2.75) is 6.42 Å². The van der Waals surface area contributed by atoms with E-state index in [2.05, 4.69) is 30.9 Å². The second-order valence-electron chi connectivity index (χ2n) is 5.60. The molecule has 0 unspecified atom stereocenters. The number of pyridine rings is 1. The van der Waals surface area contributed by atoms with E-state index in [-0.39, 0.29) is 41.0 Å². The van der Waals surface area contributed by atoms with E-state index in [9.17, 15) is 9.59 Å². The highest BCUT2D eigenvalue weighted by Gasteiger charge is 2.35. The molecule has 1 aliphatic rings. The maximum absolute atomic E-state index is 12.5. The third-order valence-corrected chi connectivity index (χ3v) is 4.16. The van der Waals surface area contributed by atoms with Crippen LogP contribution < -0.4 is 0 Å². The summed E-state index contributed by atoms with van der Waals surface area (Å²) >= 11 is 3.31. The monoisotopic (exact) mass is 390 g/mol. The third kappa shape index (κ3) is 3.20. The van der Waals surface area contributed by atoms with Gasteiger partial charge >= 0.3 is 0 Å². The summed E-state index contributed by atoms with van der Waals surface area (Å²) in [6.45, 7) is 1.15. The highest BCUT2D eigenvalue weighted by molar-refractivity contribution is 9.10. The lowest BCUT2D eigenvalue weighted by Gasteiger charge is -2.10. The molecule has 3 rings (SSSR count). The Morgan fingerprint density at radius 3 is 2.88 bits per heavy atom. The molecule has 24 heavy (non-hydrogen) atoms. The van der Waals surface area contributed by atoms with E-state index in [0.717, 1.165) is 0 Å². The van der Waals surface area contributed by atoms with Crippen molar-refractivity contribution < 1.29 is 14.0 Å². The van der Waals surface area contributed by atoms with Crippen molar-refractivity contribution >= 4 is 33.2 Å². The Balaban J connectivity index is 1.94. The zero-order valence-electron chi connectivity index (χ0n) is 13.2. The van der Waals surface area contributed by atoms with Crippen molar-refractivity contribution in [2.24, 2.45) is 4.99 Å². The number of halogens is 1. The highest BCUT2D eigenvalue weighted by Crippen LogP contribution is 2.30. The number of oxazole rings is 1. The van der Waals surface area contributed by atoms with E-state index in [1.54, 1.807) is 18.3 Å². The second-order valence-corrected chi connectivity index (χ2v) is 6.35. The summed E-state index contributed by atoms with van der Waals surface area (Å²) in [5, 5.41) is 0. The predicted molar refractivity (Wildman–Crippen MR) is 91.6 cm³/mol. The van der Waals surface area contributed by atoms with Crippen LogP contribution in [0.2, 0.25) is 0 Å². The van der Waals surface area contributed by atoms with Gasteiger partial charge in [-0.05, 0) is 42.2 Å². The lowest BCUT2D eigenvalue weighted by atomic mass is 9.97. The van der Waals surface area contributed by atoms with Crippen molar-refractivity contribution in [1.29, 1.82) is 0 Å². The Morgan fingerprint density at radius 1 is 1.38 bits per heavy atom. The molecule has 0 N–H and O–H groups in total. The van der Waals surface area contributed by atoms with E-state index >= 15 is 0 Å². The number of Topliss-reactive ketones (excluding diaryl/α,β-unsaturated/α-hetero) is 2. The maximum atomic E-state index is 12.5. The van der Waals surface area contributed by atoms with Crippen molar-refractivity contribution in [3.05, 3.63) is 34.4 Å². The van der Waals surface area contributed by atoms with Crippen LogP contribution in [0.5, 0.6) is 0 Å². The van der Waals surface area contributed by atoms with E-state index in [1.807, 2.05) is 19.0 Å². The van der Waals surface area contributed by atoms with Gasteiger partial charge < -0.3 is 9.32 Å². The zero-order chi connectivity index (χ0) is 17.3. The third-order valence-electron chi connectivity index (χ3n) is 3.52. The number of nitrogens with zero attached hydrogens (tertiary/aromatic N) is 4. The predicted octanol–water partition coefficient (Wildman–Crippen LogP) is 2.27. The first-order valence-corrected chi connectivity index (χ1v) is 8.14. The van der Waals surface area contributed by atoms with Crippen molar-refractivity contribution in [1.82, 2.24) is 14.9 Å². The van der Waals surface area contributed by atoms with Crippen LogP contribution in [-0.2, 0) is 0 Å². The van der Waals surface area contributed by atoms with E-state index in [0.29, 0.717) is 23.3 Å². The molecule has 0 aromatic carbocycles.